The van der Waals surface area contributed by atoms with Crippen molar-refractivity contribution in [3.8, 4) is 0 Å². The van der Waals surface area contributed by atoms with Crippen LogP contribution in [-0.4, -0.2) is 17.2 Å². The molecule has 0 saturated heterocycles. The lowest BCUT2D eigenvalue weighted by atomic mass is 10.3. The minimum Gasteiger partial charge on any atom is -0.398 e. The lowest BCUT2D eigenvalue weighted by Gasteiger charge is -2.14. The molecule has 0 aliphatic carbocycles. The summed E-state index contributed by atoms with van der Waals surface area (Å²) < 4.78 is 0. The quantitative estimate of drug-likeness (QED) is 0.441. The second-order valence-electron chi connectivity index (χ2n) is 3.89. The van der Waals surface area contributed by atoms with Crippen molar-refractivity contribution >= 4 is 35.0 Å². The van der Waals surface area contributed by atoms with Crippen LogP contribution in [0.15, 0.2) is 23.1 Å². The van der Waals surface area contributed by atoms with Gasteiger partial charge in [-0.3, -0.25) is 9.59 Å². The molecule has 0 fully saturated rings. The van der Waals surface area contributed by atoms with Crippen molar-refractivity contribution in [3.05, 3.63) is 18.2 Å². The Morgan fingerprint density at radius 2 is 1.94 bits per heavy atom. The predicted octanol–water partition coefficient (Wildman–Crippen LogP) is 1.80. The number of anilines is 2. The number of hydrogen-bond donors (Lipinski definition) is 3. The number of hydrogen-bond acceptors (Lipinski definition) is 4. The zero-order chi connectivity index (χ0) is 13.7. The first-order valence-corrected chi connectivity index (χ1v) is 6.37. The predicted molar refractivity (Wildman–Crippen MR) is 74.3 cm³/mol. The number of thioether (sulfide) groups is 1. The molecule has 0 radical (unpaired) electrons. The van der Waals surface area contributed by atoms with Crippen LogP contribution in [0.4, 0.5) is 11.4 Å². The van der Waals surface area contributed by atoms with E-state index in [1.165, 1.54) is 25.6 Å². The van der Waals surface area contributed by atoms with E-state index in [0.717, 1.165) is 4.90 Å². The van der Waals surface area contributed by atoms with E-state index >= 15 is 0 Å². The molecule has 1 aromatic rings. The van der Waals surface area contributed by atoms with Crippen LogP contribution in [0.2, 0.25) is 0 Å². The number of amides is 2. The molecule has 1 rings (SSSR count). The minimum atomic E-state index is -0.134. The molecular weight excluding hydrogens is 250 g/mol. The zero-order valence-electron chi connectivity index (χ0n) is 10.6. The summed E-state index contributed by atoms with van der Waals surface area (Å²) in [5, 5.41) is 5.37. The van der Waals surface area contributed by atoms with Gasteiger partial charge < -0.3 is 16.4 Å². The Balaban J connectivity index is 2.80. The van der Waals surface area contributed by atoms with E-state index in [9.17, 15) is 9.59 Å². The van der Waals surface area contributed by atoms with Crippen molar-refractivity contribution in [2.24, 2.45) is 0 Å². The summed E-state index contributed by atoms with van der Waals surface area (Å²) in [7, 11) is 0. The Kier molecular flexibility index (Phi) is 5.03. The molecule has 4 N–H and O–H groups in total. The highest BCUT2D eigenvalue weighted by atomic mass is 32.2. The first kappa shape index (κ1) is 14.4. The van der Waals surface area contributed by atoms with Gasteiger partial charge in [-0.1, -0.05) is 11.8 Å². The fourth-order valence-corrected chi connectivity index (χ4v) is 2.43. The van der Waals surface area contributed by atoms with E-state index in [1.54, 1.807) is 18.2 Å². The lowest BCUT2D eigenvalue weighted by Crippen LogP contribution is -2.27. The van der Waals surface area contributed by atoms with Crippen LogP contribution >= 0.6 is 11.8 Å². The van der Waals surface area contributed by atoms with Gasteiger partial charge in [0.1, 0.15) is 0 Å². The summed E-state index contributed by atoms with van der Waals surface area (Å²) >= 11 is 1.43. The molecule has 0 aromatic heterocycles. The average Bonchev–Trinajstić information content (AvgIpc) is 2.21. The van der Waals surface area contributed by atoms with E-state index in [0.29, 0.717) is 11.4 Å². The third-order valence-corrected chi connectivity index (χ3v) is 3.12. The maximum atomic E-state index is 11.0. The van der Waals surface area contributed by atoms with Gasteiger partial charge in [0.15, 0.2) is 0 Å². The van der Waals surface area contributed by atoms with Gasteiger partial charge >= 0.3 is 0 Å². The molecular formula is C12H17N3O2S. The van der Waals surface area contributed by atoms with Crippen molar-refractivity contribution in [1.29, 1.82) is 0 Å². The van der Waals surface area contributed by atoms with Gasteiger partial charge in [0, 0.05) is 30.1 Å². The summed E-state index contributed by atoms with van der Waals surface area (Å²) in [5.41, 5.74) is 7.16. The molecule has 1 unspecified atom stereocenters. The molecule has 6 heteroatoms. The van der Waals surface area contributed by atoms with Crippen molar-refractivity contribution in [2.75, 3.05) is 11.1 Å². The summed E-state index contributed by atoms with van der Waals surface area (Å²) in [6.07, 6.45) is 0. The van der Waals surface area contributed by atoms with Crippen LogP contribution in [0, 0.1) is 0 Å². The number of nitrogens with two attached hydrogens (primary N) is 1. The number of carbonyl (C=O) groups is 2. The van der Waals surface area contributed by atoms with Crippen molar-refractivity contribution in [2.45, 2.75) is 31.0 Å². The van der Waals surface area contributed by atoms with Crippen LogP contribution in [0.25, 0.3) is 0 Å². The molecule has 0 spiro atoms. The van der Waals surface area contributed by atoms with Gasteiger partial charge in [-0.2, -0.15) is 0 Å². The Morgan fingerprint density at radius 3 is 2.50 bits per heavy atom. The fourth-order valence-electron chi connectivity index (χ4n) is 1.42. The Bertz CT molecular complexity index is 463. The van der Waals surface area contributed by atoms with Crippen LogP contribution in [-0.2, 0) is 9.59 Å². The smallest absolute Gasteiger partial charge is 0.221 e. The molecule has 5 nitrogen and oxygen atoms in total. The number of nitrogen functional groups attached to an aromatic ring is 1. The lowest BCUT2D eigenvalue weighted by molar-refractivity contribution is -0.119. The maximum Gasteiger partial charge on any atom is 0.221 e. The van der Waals surface area contributed by atoms with Crippen LogP contribution in [0.5, 0.6) is 0 Å². The number of benzene rings is 1. The SMILES string of the molecule is CC(=O)Nc1ccc(N)c(SC(C)NC(C)=O)c1. The van der Waals surface area contributed by atoms with E-state index in [1.807, 2.05) is 6.92 Å². The van der Waals surface area contributed by atoms with Crippen molar-refractivity contribution < 1.29 is 9.59 Å². The largest absolute Gasteiger partial charge is 0.398 e. The third-order valence-electron chi connectivity index (χ3n) is 2.04. The summed E-state index contributed by atoms with van der Waals surface area (Å²) in [5.74, 6) is -0.225. The van der Waals surface area contributed by atoms with Gasteiger partial charge in [0.25, 0.3) is 0 Å². The molecule has 0 bridgehead atoms. The summed E-state index contributed by atoms with van der Waals surface area (Å²) in [6.45, 7) is 4.79. The molecule has 1 atom stereocenters. The first-order valence-electron chi connectivity index (χ1n) is 5.49. The fraction of sp³-hybridized carbons (Fsp3) is 0.333. The van der Waals surface area contributed by atoms with Crippen LogP contribution in [0.3, 0.4) is 0 Å². The van der Waals surface area contributed by atoms with Crippen molar-refractivity contribution in [3.63, 3.8) is 0 Å². The van der Waals surface area contributed by atoms with Crippen LogP contribution < -0.4 is 16.4 Å². The van der Waals surface area contributed by atoms with Crippen LogP contribution in [0.1, 0.15) is 20.8 Å². The monoisotopic (exact) mass is 267 g/mol. The topological polar surface area (TPSA) is 84.2 Å². The number of nitrogens with one attached hydrogen (secondary N) is 2. The van der Waals surface area contributed by atoms with E-state index < -0.39 is 0 Å². The third kappa shape index (κ3) is 4.67. The summed E-state index contributed by atoms with van der Waals surface area (Å²) in [6, 6.07) is 5.26. The minimum absolute atomic E-state index is 0.0858. The highest BCUT2D eigenvalue weighted by Crippen LogP contribution is 2.30. The molecule has 0 aliphatic rings. The molecule has 1 aromatic carbocycles. The highest BCUT2D eigenvalue weighted by Gasteiger charge is 2.09. The molecule has 2 amide bonds. The van der Waals surface area contributed by atoms with Gasteiger partial charge in [-0.25, -0.2) is 0 Å². The van der Waals surface area contributed by atoms with E-state index in [4.69, 9.17) is 5.73 Å². The molecule has 18 heavy (non-hydrogen) atoms. The molecule has 0 aliphatic heterocycles. The summed E-state index contributed by atoms with van der Waals surface area (Å²) in [4.78, 5) is 22.7. The normalized spacial score (nSPS) is 11.7. The maximum absolute atomic E-state index is 11.0. The van der Waals surface area contributed by atoms with Gasteiger partial charge in [0.2, 0.25) is 11.8 Å². The Hall–Kier alpha value is -1.69. The second-order valence-corrected chi connectivity index (χ2v) is 5.28. The number of rotatable bonds is 4. The molecule has 0 heterocycles. The number of carbonyl (C=O) groups excluding carboxylic acids is 2. The standard InChI is InChI=1S/C12H17N3O2S/c1-7(16)14-9(3)18-12-6-10(15-8(2)17)4-5-11(12)13/h4-6,9H,13H2,1-3H3,(H,14,16)(H,15,17). The molecule has 98 valence electrons. The second kappa shape index (κ2) is 6.30. The highest BCUT2D eigenvalue weighted by molar-refractivity contribution is 8.00. The first-order chi connectivity index (χ1) is 8.38. The van der Waals surface area contributed by atoms with E-state index in [2.05, 4.69) is 10.6 Å². The van der Waals surface area contributed by atoms with Crippen molar-refractivity contribution in [1.82, 2.24) is 5.32 Å². The molecule has 0 saturated carbocycles. The Labute approximate surface area is 111 Å². The zero-order valence-corrected chi connectivity index (χ0v) is 11.4. The Morgan fingerprint density at radius 1 is 1.28 bits per heavy atom. The van der Waals surface area contributed by atoms with Gasteiger partial charge in [0.05, 0.1) is 5.37 Å². The van der Waals surface area contributed by atoms with E-state index in [-0.39, 0.29) is 17.2 Å². The van der Waals surface area contributed by atoms with Gasteiger partial charge in [-0.15, -0.1) is 0 Å². The van der Waals surface area contributed by atoms with Gasteiger partial charge in [-0.05, 0) is 25.1 Å². The average molecular weight is 267 g/mol.